The van der Waals surface area contributed by atoms with Crippen molar-refractivity contribution in [2.75, 3.05) is 18.4 Å². The fourth-order valence-corrected chi connectivity index (χ4v) is 1.55. The van der Waals surface area contributed by atoms with Crippen LogP contribution in [0.1, 0.15) is 12.8 Å². The average molecular weight is 178 g/mol. The number of anilines is 1. The van der Waals surface area contributed by atoms with Gasteiger partial charge in [0.05, 0.1) is 0 Å². The Kier molecular flexibility index (Phi) is 2.72. The fourth-order valence-electron chi connectivity index (χ4n) is 1.55. The second-order valence-electron chi connectivity index (χ2n) is 3.26. The molecule has 0 radical (unpaired) electrons. The van der Waals surface area contributed by atoms with Crippen LogP contribution in [0.25, 0.3) is 0 Å². The Labute approximate surface area is 77.8 Å². The summed E-state index contributed by atoms with van der Waals surface area (Å²) >= 11 is 0. The minimum Gasteiger partial charge on any atom is -0.367 e. The van der Waals surface area contributed by atoms with Crippen molar-refractivity contribution < 1.29 is 0 Å². The number of hydrogen-bond donors (Lipinski definition) is 2. The summed E-state index contributed by atoms with van der Waals surface area (Å²) in [6.07, 6.45) is 5.67. The Morgan fingerprint density at radius 1 is 1.38 bits per heavy atom. The summed E-state index contributed by atoms with van der Waals surface area (Å²) < 4.78 is 0. The maximum absolute atomic E-state index is 4.13. The Balaban J connectivity index is 1.90. The highest BCUT2D eigenvalue weighted by atomic mass is 15.0. The summed E-state index contributed by atoms with van der Waals surface area (Å²) in [4.78, 5) is 8.01. The van der Waals surface area contributed by atoms with E-state index in [9.17, 15) is 0 Å². The molecule has 13 heavy (non-hydrogen) atoms. The zero-order valence-corrected chi connectivity index (χ0v) is 7.53. The first-order valence-electron chi connectivity index (χ1n) is 4.68. The van der Waals surface area contributed by atoms with E-state index in [2.05, 4.69) is 20.6 Å². The van der Waals surface area contributed by atoms with Crippen LogP contribution < -0.4 is 10.6 Å². The van der Waals surface area contributed by atoms with Gasteiger partial charge in [-0.1, -0.05) is 0 Å². The molecule has 0 unspecified atom stereocenters. The molecule has 0 bridgehead atoms. The van der Waals surface area contributed by atoms with E-state index in [1.54, 1.807) is 12.5 Å². The van der Waals surface area contributed by atoms with Gasteiger partial charge in [0, 0.05) is 12.2 Å². The van der Waals surface area contributed by atoms with E-state index < -0.39 is 0 Å². The van der Waals surface area contributed by atoms with Gasteiger partial charge in [0.25, 0.3) is 0 Å². The minimum absolute atomic E-state index is 0.566. The predicted octanol–water partition coefficient (Wildman–Crippen LogP) is 0.640. The molecule has 0 atom stereocenters. The summed E-state index contributed by atoms with van der Waals surface area (Å²) in [6, 6.07) is 2.47. The predicted molar refractivity (Wildman–Crippen MR) is 51.5 cm³/mol. The second-order valence-corrected chi connectivity index (χ2v) is 3.26. The molecular formula is C9H14N4. The topological polar surface area (TPSA) is 49.8 Å². The van der Waals surface area contributed by atoms with Crippen molar-refractivity contribution >= 4 is 5.82 Å². The van der Waals surface area contributed by atoms with Crippen molar-refractivity contribution in [1.82, 2.24) is 15.3 Å². The maximum Gasteiger partial charge on any atom is 0.129 e. The van der Waals surface area contributed by atoms with Gasteiger partial charge in [0.1, 0.15) is 12.1 Å². The van der Waals surface area contributed by atoms with Gasteiger partial charge in [-0.05, 0) is 32.0 Å². The summed E-state index contributed by atoms with van der Waals surface area (Å²) in [5.74, 6) is 0.932. The van der Waals surface area contributed by atoms with Crippen molar-refractivity contribution in [2.45, 2.75) is 18.9 Å². The number of piperidine rings is 1. The molecule has 4 nitrogen and oxygen atoms in total. The van der Waals surface area contributed by atoms with Gasteiger partial charge in [0.2, 0.25) is 0 Å². The third-order valence-corrected chi connectivity index (χ3v) is 2.27. The highest BCUT2D eigenvalue weighted by Gasteiger charge is 2.12. The Bertz CT molecular complexity index is 243. The largest absolute Gasteiger partial charge is 0.367 e. The lowest BCUT2D eigenvalue weighted by atomic mass is 10.1. The van der Waals surface area contributed by atoms with Gasteiger partial charge in [-0.15, -0.1) is 0 Å². The van der Waals surface area contributed by atoms with E-state index in [4.69, 9.17) is 0 Å². The van der Waals surface area contributed by atoms with Crippen LogP contribution >= 0.6 is 0 Å². The molecule has 2 rings (SSSR count). The minimum atomic E-state index is 0.566. The van der Waals surface area contributed by atoms with E-state index >= 15 is 0 Å². The second kappa shape index (κ2) is 4.18. The van der Waals surface area contributed by atoms with Crippen molar-refractivity contribution in [3.8, 4) is 0 Å². The third-order valence-electron chi connectivity index (χ3n) is 2.27. The van der Waals surface area contributed by atoms with Crippen LogP contribution in [0.2, 0.25) is 0 Å². The molecule has 2 heterocycles. The lowest BCUT2D eigenvalue weighted by molar-refractivity contribution is 0.478. The monoisotopic (exact) mass is 178 g/mol. The van der Waals surface area contributed by atoms with E-state index in [1.807, 2.05) is 6.07 Å². The molecule has 0 saturated carbocycles. The first kappa shape index (κ1) is 8.44. The van der Waals surface area contributed by atoms with Crippen molar-refractivity contribution in [2.24, 2.45) is 0 Å². The van der Waals surface area contributed by atoms with Gasteiger partial charge in [-0.2, -0.15) is 0 Å². The summed E-state index contributed by atoms with van der Waals surface area (Å²) in [7, 11) is 0. The molecule has 1 aromatic rings. The molecule has 0 amide bonds. The lowest BCUT2D eigenvalue weighted by Crippen LogP contribution is -2.35. The molecular weight excluding hydrogens is 164 g/mol. The molecule has 1 aliphatic heterocycles. The average Bonchev–Trinajstić information content (AvgIpc) is 2.21. The smallest absolute Gasteiger partial charge is 0.129 e. The van der Waals surface area contributed by atoms with Crippen molar-refractivity contribution in [3.63, 3.8) is 0 Å². The molecule has 70 valence electrons. The Hall–Kier alpha value is -1.16. The molecule has 1 fully saturated rings. The van der Waals surface area contributed by atoms with Gasteiger partial charge in [0.15, 0.2) is 0 Å². The number of aromatic nitrogens is 2. The van der Waals surface area contributed by atoms with Crippen molar-refractivity contribution in [3.05, 3.63) is 18.6 Å². The van der Waals surface area contributed by atoms with E-state index in [-0.39, 0.29) is 0 Å². The van der Waals surface area contributed by atoms with Crippen LogP contribution in [-0.2, 0) is 0 Å². The highest BCUT2D eigenvalue weighted by Crippen LogP contribution is 2.09. The van der Waals surface area contributed by atoms with Crippen LogP contribution in [0.15, 0.2) is 18.6 Å². The van der Waals surface area contributed by atoms with Gasteiger partial charge >= 0.3 is 0 Å². The number of nitrogens with zero attached hydrogens (tertiary/aromatic N) is 2. The van der Waals surface area contributed by atoms with Crippen LogP contribution in [0, 0.1) is 0 Å². The molecule has 0 aromatic carbocycles. The molecule has 2 N–H and O–H groups in total. The van der Waals surface area contributed by atoms with Crippen LogP contribution in [0.4, 0.5) is 5.82 Å². The molecule has 1 aliphatic rings. The molecule has 1 saturated heterocycles. The van der Waals surface area contributed by atoms with Crippen LogP contribution in [0.3, 0.4) is 0 Å². The van der Waals surface area contributed by atoms with Crippen molar-refractivity contribution in [1.29, 1.82) is 0 Å². The van der Waals surface area contributed by atoms with Gasteiger partial charge in [-0.25, -0.2) is 9.97 Å². The molecule has 0 aliphatic carbocycles. The van der Waals surface area contributed by atoms with Crippen LogP contribution in [-0.4, -0.2) is 29.1 Å². The first-order chi connectivity index (χ1) is 6.45. The molecule has 4 heteroatoms. The summed E-state index contributed by atoms with van der Waals surface area (Å²) in [5, 5.41) is 6.72. The Morgan fingerprint density at radius 2 is 2.23 bits per heavy atom. The number of nitrogens with one attached hydrogen (secondary N) is 2. The number of hydrogen-bond acceptors (Lipinski definition) is 4. The van der Waals surface area contributed by atoms with E-state index in [0.29, 0.717) is 6.04 Å². The SMILES string of the molecule is c1cc(NC2CCNCC2)ncn1. The van der Waals surface area contributed by atoms with Gasteiger partial charge in [-0.3, -0.25) is 0 Å². The third kappa shape index (κ3) is 2.39. The molecule has 0 spiro atoms. The summed E-state index contributed by atoms with van der Waals surface area (Å²) in [5.41, 5.74) is 0. The molecule has 1 aromatic heterocycles. The normalized spacial score (nSPS) is 18.5. The fraction of sp³-hybridized carbons (Fsp3) is 0.556. The zero-order chi connectivity index (χ0) is 8.93. The number of rotatable bonds is 2. The maximum atomic E-state index is 4.13. The standard InChI is InChI=1S/C9H14N4/c1-4-10-5-2-8(1)13-9-3-6-11-7-12-9/h3,6-8,10H,1-2,4-5H2,(H,11,12,13). The van der Waals surface area contributed by atoms with E-state index in [0.717, 1.165) is 18.9 Å². The quantitative estimate of drug-likeness (QED) is 0.697. The van der Waals surface area contributed by atoms with Gasteiger partial charge < -0.3 is 10.6 Å². The van der Waals surface area contributed by atoms with E-state index in [1.165, 1.54) is 12.8 Å². The Morgan fingerprint density at radius 3 is 2.92 bits per heavy atom. The highest BCUT2D eigenvalue weighted by molar-refractivity contribution is 5.33. The first-order valence-corrected chi connectivity index (χ1v) is 4.68. The van der Waals surface area contributed by atoms with Crippen LogP contribution in [0.5, 0.6) is 0 Å². The summed E-state index contributed by atoms with van der Waals surface area (Å²) in [6.45, 7) is 2.20. The zero-order valence-electron chi connectivity index (χ0n) is 7.53. The lowest BCUT2D eigenvalue weighted by Gasteiger charge is -2.23.